The quantitative estimate of drug-likeness (QED) is 0.829. The molecule has 1 saturated heterocycles. The van der Waals surface area contributed by atoms with Crippen LogP contribution in [0.25, 0.3) is 0 Å². The fourth-order valence-corrected chi connectivity index (χ4v) is 4.99. The molecule has 110 valence electrons. The standard InChI is InChI=1S/C17H32N2/c1-12(2)13-5-3-7-15(9-13)19-10-14-6-4-8-17(18)16(14)11-19/h12-17H,3-11,18H2,1-2H3. The summed E-state index contributed by atoms with van der Waals surface area (Å²) < 4.78 is 0. The summed E-state index contributed by atoms with van der Waals surface area (Å²) in [6.07, 6.45) is 9.89. The van der Waals surface area contributed by atoms with Crippen molar-refractivity contribution >= 4 is 0 Å². The minimum atomic E-state index is 0.494. The molecule has 0 aromatic rings. The number of hydrogen-bond donors (Lipinski definition) is 1. The second-order valence-electron chi connectivity index (χ2n) is 7.80. The highest BCUT2D eigenvalue weighted by Crippen LogP contribution is 2.40. The van der Waals surface area contributed by atoms with Crippen molar-refractivity contribution in [2.24, 2.45) is 29.4 Å². The van der Waals surface area contributed by atoms with Gasteiger partial charge < -0.3 is 5.73 Å². The van der Waals surface area contributed by atoms with Gasteiger partial charge in [-0.1, -0.05) is 33.1 Å². The van der Waals surface area contributed by atoms with Crippen molar-refractivity contribution in [1.29, 1.82) is 0 Å². The molecule has 2 heteroatoms. The van der Waals surface area contributed by atoms with E-state index in [0.717, 1.165) is 29.7 Å². The van der Waals surface area contributed by atoms with Crippen LogP contribution < -0.4 is 5.73 Å². The zero-order chi connectivity index (χ0) is 13.4. The molecule has 0 radical (unpaired) electrons. The van der Waals surface area contributed by atoms with Gasteiger partial charge in [0.25, 0.3) is 0 Å². The van der Waals surface area contributed by atoms with E-state index >= 15 is 0 Å². The van der Waals surface area contributed by atoms with E-state index in [1.165, 1.54) is 58.0 Å². The molecule has 3 fully saturated rings. The molecular weight excluding hydrogens is 232 g/mol. The number of nitrogens with two attached hydrogens (primary N) is 1. The normalized spacial score (nSPS) is 44.5. The lowest BCUT2D eigenvalue weighted by Gasteiger charge is -2.37. The lowest BCUT2D eigenvalue weighted by Crippen LogP contribution is -2.40. The number of hydrogen-bond acceptors (Lipinski definition) is 2. The Hall–Kier alpha value is -0.0800. The lowest BCUT2D eigenvalue weighted by molar-refractivity contribution is 0.130. The minimum Gasteiger partial charge on any atom is -0.327 e. The summed E-state index contributed by atoms with van der Waals surface area (Å²) in [4.78, 5) is 2.83. The predicted octanol–water partition coefficient (Wildman–Crippen LogP) is 3.26. The van der Waals surface area contributed by atoms with E-state index in [9.17, 15) is 0 Å². The zero-order valence-electron chi connectivity index (χ0n) is 12.9. The van der Waals surface area contributed by atoms with Crippen LogP contribution in [0, 0.1) is 23.7 Å². The molecule has 1 heterocycles. The van der Waals surface area contributed by atoms with E-state index in [2.05, 4.69) is 18.7 Å². The van der Waals surface area contributed by atoms with E-state index in [-0.39, 0.29) is 0 Å². The van der Waals surface area contributed by atoms with Gasteiger partial charge in [-0.05, 0) is 49.4 Å². The molecule has 1 aliphatic heterocycles. The Morgan fingerprint density at radius 2 is 1.79 bits per heavy atom. The summed E-state index contributed by atoms with van der Waals surface area (Å²) in [5.74, 6) is 3.57. The van der Waals surface area contributed by atoms with Crippen molar-refractivity contribution < 1.29 is 0 Å². The monoisotopic (exact) mass is 264 g/mol. The second kappa shape index (κ2) is 5.73. The Labute approximate surface area is 119 Å². The summed E-state index contributed by atoms with van der Waals surface area (Å²) in [5.41, 5.74) is 6.36. The van der Waals surface area contributed by atoms with Gasteiger partial charge in [0, 0.05) is 25.2 Å². The fraction of sp³-hybridized carbons (Fsp3) is 1.00. The summed E-state index contributed by atoms with van der Waals surface area (Å²) in [7, 11) is 0. The molecular formula is C17H32N2. The zero-order valence-corrected chi connectivity index (χ0v) is 12.9. The highest BCUT2D eigenvalue weighted by atomic mass is 15.2. The van der Waals surface area contributed by atoms with Gasteiger partial charge >= 0.3 is 0 Å². The van der Waals surface area contributed by atoms with Crippen molar-refractivity contribution in [3.8, 4) is 0 Å². The van der Waals surface area contributed by atoms with Crippen LogP contribution in [0.3, 0.4) is 0 Å². The van der Waals surface area contributed by atoms with Crippen LogP contribution in [0.15, 0.2) is 0 Å². The van der Waals surface area contributed by atoms with Crippen LogP contribution in [0.2, 0.25) is 0 Å². The third-order valence-corrected chi connectivity index (χ3v) is 6.33. The highest BCUT2D eigenvalue weighted by Gasteiger charge is 2.41. The molecule has 0 amide bonds. The molecule has 0 aromatic heterocycles. The second-order valence-corrected chi connectivity index (χ2v) is 7.80. The molecule has 2 nitrogen and oxygen atoms in total. The van der Waals surface area contributed by atoms with E-state index < -0.39 is 0 Å². The summed E-state index contributed by atoms with van der Waals surface area (Å²) in [5, 5.41) is 0. The average molecular weight is 264 g/mol. The van der Waals surface area contributed by atoms with Crippen LogP contribution in [-0.4, -0.2) is 30.1 Å². The van der Waals surface area contributed by atoms with E-state index in [1.54, 1.807) is 0 Å². The van der Waals surface area contributed by atoms with Gasteiger partial charge in [0.1, 0.15) is 0 Å². The van der Waals surface area contributed by atoms with Crippen molar-refractivity contribution in [2.75, 3.05) is 13.1 Å². The molecule has 5 unspecified atom stereocenters. The summed E-state index contributed by atoms with van der Waals surface area (Å²) >= 11 is 0. The SMILES string of the molecule is CC(C)C1CCCC(N2CC3CCCC(N)C3C2)C1. The maximum absolute atomic E-state index is 6.36. The van der Waals surface area contributed by atoms with Gasteiger partial charge in [0.2, 0.25) is 0 Å². The lowest BCUT2D eigenvalue weighted by atomic mass is 9.78. The average Bonchev–Trinajstić information content (AvgIpc) is 2.84. The molecule has 3 aliphatic rings. The number of nitrogens with zero attached hydrogens (tertiary/aromatic N) is 1. The van der Waals surface area contributed by atoms with E-state index in [0.29, 0.717) is 6.04 Å². The van der Waals surface area contributed by atoms with Crippen molar-refractivity contribution in [3.05, 3.63) is 0 Å². The number of likely N-dealkylation sites (tertiary alicyclic amines) is 1. The smallest absolute Gasteiger partial charge is 0.00982 e. The van der Waals surface area contributed by atoms with E-state index in [1.807, 2.05) is 0 Å². The van der Waals surface area contributed by atoms with Crippen molar-refractivity contribution in [3.63, 3.8) is 0 Å². The molecule has 5 atom stereocenters. The topological polar surface area (TPSA) is 29.3 Å². The number of fused-ring (bicyclic) bond motifs is 1. The first-order valence-electron chi connectivity index (χ1n) is 8.64. The van der Waals surface area contributed by atoms with Crippen LogP contribution in [0.4, 0.5) is 0 Å². The third kappa shape index (κ3) is 2.85. The number of rotatable bonds is 2. The minimum absolute atomic E-state index is 0.494. The first kappa shape index (κ1) is 13.9. The maximum atomic E-state index is 6.36. The van der Waals surface area contributed by atoms with Gasteiger partial charge in [-0.3, -0.25) is 4.90 Å². The van der Waals surface area contributed by atoms with Crippen molar-refractivity contribution in [1.82, 2.24) is 4.90 Å². The Bertz CT molecular complexity index is 302. The fourth-order valence-electron chi connectivity index (χ4n) is 4.99. The predicted molar refractivity (Wildman–Crippen MR) is 81.0 cm³/mol. The van der Waals surface area contributed by atoms with E-state index in [4.69, 9.17) is 5.73 Å². The molecule has 2 aliphatic carbocycles. The summed E-state index contributed by atoms with van der Waals surface area (Å²) in [6, 6.07) is 1.37. The largest absolute Gasteiger partial charge is 0.327 e. The Morgan fingerprint density at radius 1 is 1.00 bits per heavy atom. The Kier molecular flexibility index (Phi) is 4.19. The molecule has 19 heavy (non-hydrogen) atoms. The van der Waals surface area contributed by atoms with Crippen molar-refractivity contribution in [2.45, 2.75) is 70.9 Å². The molecule has 2 N–H and O–H groups in total. The van der Waals surface area contributed by atoms with Gasteiger partial charge in [0.15, 0.2) is 0 Å². The first-order chi connectivity index (χ1) is 9.15. The molecule has 0 aromatic carbocycles. The Balaban J connectivity index is 1.61. The van der Waals surface area contributed by atoms with Crippen LogP contribution in [-0.2, 0) is 0 Å². The molecule has 0 bridgehead atoms. The van der Waals surface area contributed by atoms with Gasteiger partial charge in [0.05, 0.1) is 0 Å². The van der Waals surface area contributed by atoms with Crippen LogP contribution >= 0.6 is 0 Å². The van der Waals surface area contributed by atoms with Crippen LogP contribution in [0.1, 0.15) is 58.8 Å². The Morgan fingerprint density at radius 3 is 2.53 bits per heavy atom. The van der Waals surface area contributed by atoms with Gasteiger partial charge in [-0.25, -0.2) is 0 Å². The third-order valence-electron chi connectivity index (χ3n) is 6.33. The molecule has 0 spiro atoms. The van der Waals surface area contributed by atoms with Gasteiger partial charge in [-0.2, -0.15) is 0 Å². The highest BCUT2D eigenvalue weighted by molar-refractivity contribution is 4.96. The summed E-state index contributed by atoms with van der Waals surface area (Å²) in [6.45, 7) is 7.48. The van der Waals surface area contributed by atoms with Gasteiger partial charge in [-0.15, -0.1) is 0 Å². The van der Waals surface area contributed by atoms with Crippen LogP contribution in [0.5, 0.6) is 0 Å². The molecule has 2 saturated carbocycles. The molecule has 3 rings (SSSR count). The maximum Gasteiger partial charge on any atom is 0.00982 e. The first-order valence-corrected chi connectivity index (χ1v) is 8.64.